The molecule has 9 heteroatoms. The quantitative estimate of drug-likeness (QED) is 0.557. The molecule has 2 amide bonds. The van der Waals surface area contributed by atoms with Gasteiger partial charge in [-0.25, -0.2) is 4.79 Å². The second-order valence-corrected chi connectivity index (χ2v) is 7.49. The number of fused-ring (bicyclic) bond motifs is 1. The van der Waals surface area contributed by atoms with E-state index in [9.17, 15) is 19.5 Å². The van der Waals surface area contributed by atoms with Crippen molar-refractivity contribution in [3.05, 3.63) is 47.9 Å². The summed E-state index contributed by atoms with van der Waals surface area (Å²) in [6.45, 7) is 5.00. The number of carboxylic acids is 1. The lowest BCUT2D eigenvalue weighted by Gasteiger charge is -2.36. The van der Waals surface area contributed by atoms with Crippen molar-refractivity contribution >= 4 is 29.2 Å². The minimum absolute atomic E-state index is 0.0209. The second-order valence-electron chi connectivity index (χ2n) is 7.49. The van der Waals surface area contributed by atoms with Crippen molar-refractivity contribution in [1.82, 2.24) is 5.32 Å². The monoisotopic (exact) mass is 429 g/mol. The van der Waals surface area contributed by atoms with E-state index >= 15 is 0 Å². The van der Waals surface area contributed by atoms with Crippen molar-refractivity contribution in [1.29, 1.82) is 0 Å². The third-order valence-corrected chi connectivity index (χ3v) is 4.83. The molecule has 2 N–H and O–H groups in total. The van der Waals surface area contributed by atoms with Crippen LogP contribution >= 0.6 is 0 Å². The molecular weight excluding hydrogens is 402 g/mol. The number of hydrogen-bond donors (Lipinski definition) is 2. The molecule has 31 heavy (non-hydrogen) atoms. The highest BCUT2D eigenvalue weighted by atomic mass is 16.5. The van der Waals surface area contributed by atoms with Crippen LogP contribution in [0.5, 0.6) is 0 Å². The number of rotatable bonds is 10. The molecule has 1 aromatic carbocycles. The van der Waals surface area contributed by atoms with Gasteiger partial charge in [0.15, 0.2) is 0 Å². The zero-order chi connectivity index (χ0) is 22.4. The first-order chi connectivity index (χ1) is 14.9. The molecular formula is C22H27N3O6. The number of furan rings is 1. The number of aromatic carboxylic acids is 1. The molecule has 0 saturated heterocycles. The van der Waals surface area contributed by atoms with Crippen LogP contribution in [-0.2, 0) is 20.9 Å². The molecule has 0 aliphatic carbocycles. The summed E-state index contributed by atoms with van der Waals surface area (Å²) in [6, 6.07) is 8.00. The number of hydrogen-bond acceptors (Lipinski definition) is 6. The molecule has 0 radical (unpaired) electrons. The van der Waals surface area contributed by atoms with Gasteiger partial charge in [-0.1, -0.05) is 0 Å². The van der Waals surface area contributed by atoms with Crippen LogP contribution in [0.4, 0.5) is 11.4 Å². The number of nitrogens with zero attached hydrogens (tertiary/aromatic N) is 2. The van der Waals surface area contributed by atoms with Crippen LogP contribution in [0.25, 0.3) is 0 Å². The Bertz CT molecular complexity index is 925. The summed E-state index contributed by atoms with van der Waals surface area (Å²) >= 11 is 0. The third-order valence-electron chi connectivity index (χ3n) is 4.83. The van der Waals surface area contributed by atoms with Gasteiger partial charge in [-0.3, -0.25) is 14.5 Å². The van der Waals surface area contributed by atoms with Crippen molar-refractivity contribution in [3.8, 4) is 0 Å². The maximum absolute atomic E-state index is 12.9. The van der Waals surface area contributed by atoms with Crippen molar-refractivity contribution < 1.29 is 28.6 Å². The largest absolute Gasteiger partial charge is 0.478 e. The average molecular weight is 429 g/mol. The van der Waals surface area contributed by atoms with Crippen LogP contribution in [0.15, 0.2) is 41.0 Å². The zero-order valence-electron chi connectivity index (χ0n) is 17.7. The van der Waals surface area contributed by atoms with Crippen molar-refractivity contribution in [2.75, 3.05) is 36.0 Å². The lowest BCUT2D eigenvalue weighted by molar-refractivity contribution is -0.122. The Hall–Kier alpha value is -3.17. The van der Waals surface area contributed by atoms with Crippen LogP contribution in [0, 0.1) is 0 Å². The Balaban J connectivity index is 1.76. The van der Waals surface area contributed by atoms with Gasteiger partial charge in [0.25, 0.3) is 0 Å². The number of carbonyl (C=O) groups is 3. The molecule has 0 unspecified atom stereocenters. The smallest absolute Gasteiger partial charge is 0.335 e. The minimum Gasteiger partial charge on any atom is -0.478 e. The molecule has 2 aromatic rings. The van der Waals surface area contributed by atoms with Crippen LogP contribution in [0.2, 0.25) is 0 Å². The lowest BCUT2D eigenvalue weighted by atomic mass is 10.1. The van der Waals surface area contributed by atoms with Gasteiger partial charge in [0.1, 0.15) is 12.3 Å². The number of carboxylic acid groups (broad SMARTS) is 1. The Labute approximate surface area is 180 Å². The molecule has 1 aliphatic heterocycles. The fourth-order valence-corrected chi connectivity index (χ4v) is 3.35. The molecule has 166 valence electrons. The van der Waals surface area contributed by atoms with E-state index in [1.165, 1.54) is 17.0 Å². The summed E-state index contributed by atoms with van der Waals surface area (Å²) in [5.74, 6) is -0.961. The standard InChI is InChI=1S/C22H27N3O6/c1-15(2)30-10-4-8-24-18-7-6-16(22(28)29)11-19(18)25(14-21(24)27)20(26)13-23-12-17-5-3-9-31-17/h3,5-7,9,11,15,23H,4,8,10,12-14H2,1-2H3,(H,28,29). The number of carbonyl (C=O) groups excluding carboxylic acids is 2. The van der Waals surface area contributed by atoms with Crippen LogP contribution in [0.1, 0.15) is 36.4 Å². The summed E-state index contributed by atoms with van der Waals surface area (Å²) in [4.78, 5) is 40.1. The van der Waals surface area contributed by atoms with Crippen molar-refractivity contribution in [3.63, 3.8) is 0 Å². The molecule has 0 spiro atoms. The van der Waals surface area contributed by atoms with Crippen LogP contribution in [-0.4, -0.2) is 55.2 Å². The van der Waals surface area contributed by atoms with Gasteiger partial charge < -0.3 is 24.5 Å². The normalized spacial score (nSPS) is 13.6. The Morgan fingerprint density at radius 2 is 2.06 bits per heavy atom. The first kappa shape index (κ1) is 22.5. The van der Waals surface area contributed by atoms with Crippen LogP contribution in [0.3, 0.4) is 0 Å². The number of benzene rings is 1. The summed E-state index contributed by atoms with van der Waals surface area (Å²) in [6.07, 6.45) is 2.28. The van der Waals surface area contributed by atoms with Gasteiger partial charge in [0.2, 0.25) is 11.8 Å². The fourth-order valence-electron chi connectivity index (χ4n) is 3.35. The van der Waals surface area contributed by atoms with E-state index < -0.39 is 5.97 Å². The molecule has 1 aromatic heterocycles. The van der Waals surface area contributed by atoms with E-state index in [0.717, 1.165) is 0 Å². The first-order valence-corrected chi connectivity index (χ1v) is 10.2. The van der Waals surface area contributed by atoms with Gasteiger partial charge in [-0.2, -0.15) is 0 Å². The van der Waals surface area contributed by atoms with E-state index in [0.29, 0.717) is 43.3 Å². The minimum atomic E-state index is -1.10. The maximum atomic E-state index is 12.9. The van der Waals surface area contributed by atoms with E-state index in [-0.39, 0.29) is 36.6 Å². The number of amides is 2. The van der Waals surface area contributed by atoms with Crippen LogP contribution < -0.4 is 15.1 Å². The Kier molecular flexibility index (Phi) is 7.43. The summed E-state index contributed by atoms with van der Waals surface area (Å²) in [7, 11) is 0. The molecule has 0 bridgehead atoms. The molecule has 0 saturated carbocycles. The topological polar surface area (TPSA) is 112 Å². The second kappa shape index (κ2) is 10.2. The molecule has 0 atom stereocenters. The van der Waals surface area contributed by atoms with Gasteiger partial charge in [-0.05, 0) is 50.6 Å². The summed E-state index contributed by atoms with van der Waals surface area (Å²) in [5.41, 5.74) is 0.983. The highest BCUT2D eigenvalue weighted by molar-refractivity contribution is 6.12. The lowest BCUT2D eigenvalue weighted by Crippen LogP contribution is -2.50. The predicted molar refractivity (Wildman–Crippen MR) is 114 cm³/mol. The number of nitrogens with one attached hydrogen (secondary N) is 1. The third kappa shape index (κ3) is 5.71. The van der Waals surface area contributed by atoms with Gasteiger partial charge in [-0.15, -0.1) is 0 Å². The SMILES string of the molecule is CC(C)OCCCN1C(=O)CN(C(=O)CNCc2ccco2)c2cc(C(=O)O)ccc21. The molecule has 1 aliphatic rings. The molecule has 3 rings (SSSR count). The van der Waals surface area contributed by atoms with Gasteiger partial charge in [0, 0.05) is 13.2 Å². The van der Waals surface area contributed by atoms with E-state index in [4.69, 9.17) is 9.15 Å². The zero-order valence-corrected chi connectivity index (χ0v) is 17.7. The van der Waals surface area contributed by atoms with Gasteiger partial charge >= 0.3 is 5.97 Å². The van der Waals surface area contributed by atoms with E-state index in [1.807, 2.05) is 13.8 Å². The predicted octanol–water partition coefficient (Wildman–Crippen LogP) is 2.26. The van der Waals surface area contributed by atoms with Gasteiger partial charge in [0.05, 0.1) is 42.4 Å². The Morgan fingerprint density at radius 1 is 1.26 bits per heavy atom. The highest BCUT2D eigenvalue weighted by Gasteiger charge is 2.32. The Morgan fingerprint density at radius 3 is 2.74 bits per heavy atom. The van der Waals surface area contributed by atoms with E-state index in [1.54, 1.807) is 29.4 Å². The average Bonchev–Trinajstić information content (AvgIpc) is 3.24. The van der Waals surface area contributed by atoms with Crippen molar-refractivity contribution in [2.24, 2.45) is 0 Å². The summed E-state index contributed by atoms with van der Waals surface area (Å²) in [5, 5.41) is 12.4. The number of anilines is 2. The molecule has 9 nitrogen and oxygen atoms in total. The molecule has 0 fully saturated rings. The van der Waals surface area contributed by atoms with E-state index in [2.05, 4.69) is 5.32 Å². The first-order valence-electron chi connectivity index (χ1n) is 10.2. The summed E-state index contributed by atoms with van der Waals surface area (Å²) < 4.78 is 10.8. The number of ether oxygens (including phenoxy) is 1. The maximum Gasteiger partial charge on any atom is 0.335 e. The highest BCUT2D eigenvalue weighted by Crippen LogP contribution is 2.35. The fraction of sp³-hybridized carbons (Fsp3) is 0.409. The van der Waals surface area contributed by atoms with Crippen molar-refractivity contribution in [2.45, 2.75) is 32.9 Å². The molecule has 2 heterocycles.